The molecule has 0 radical (unpaired) electrons. The van der Waals surface area contributed by atoms with Crippen LogP contribution in [0.2, 0.25) is 0 Å². The predicted molar refractivity (Wildman–Crippen MR) is 117 cm³/mol. The summed E-state index contributed by atoms with van der Waals surface area (Å²) in [5, 5.41) is 0. The Kier molecular flexibility index (Phi) is 5.74. The number of amides is 1. The fraction of sp³-hybridized carbons (Fsp3) is 0.480. The minimum Gasteiger partial charge on any atom is -0.444 e. The zero-order valence-corrected chi connectivity index (χ0v) is 18.4. The molecule has 0 atom stereocenters. The summed E-state index contributed by atoms with van der Waals surface area (Å²) in [6, 6.07) is 16.8. The Hall–Kier alpha value is -2.53. The summed E-state index contributed by atoms with van der Waals surface area (Å²) in [6.07, 6.45) is 2.92. The molecular weight excluding hydrogens is 376 g/mol. The maximum absolute atomic E-state index is 12.5. The highest BCUT2D eigenvalue weighted by Crippen LogP contribution is 2.33. The highest BCUT2D eigenvalue weighted by atomic mass is 16.7. The topological polar surface area (TPSA) is 38.8 Å². The van der Waals surface area contributed by atoms with E-state index >= 15 is 0 Å². The second-order valence-corrected chi connectivity index (χ2v) is 9.49. The van der Waals surface area contributed by atoms with Gasteiger partial charge in [-0.1, -0.05) is 42.5 Å². The van der Waals surface area contributed by atoms with Gasteiger partial charge in [0.15, 0.2) is 5.75 Å². The zero-order valence-electron chi connectivity index (χ0n) is 18.4. The molecule has 2 aliphatic heterocycles. The number of benzene rings is 2. The Balaban J connectivity index is 1.52. The van der Waals surface area contributed by atoms with E-state index < -0.39 is 5.60 Å². The molecule has 2 heterocycles. The summed E-state index contributed by atoms with van der Waals surface area (Å²) >= 11 is 0. The Morgan fingerprint density at radius 3 is 2.47 bits per heavy atom. The van der Waals surface area contributed by atoms with Crippen LogP contribution in [0.3, 0.4) is 0 Å². The number of carbonyl (C=O) groups excluding carboxylic acids is 1. The molecule has 1 saturated heterocycles. The van der Waals surface area contributed by atoms with Crippen LogP contribution in [0.5, 0.6) is 5.75 Å². The van der Waals surface area contributed by atoms with Gasteiger partial charge >= 0.3 is 6.09 Å². The van der Waals surface area contributed by atoms with Gasteiger partial charge in [0.05, 0.1) is 0 Å². The van der Waals surface area contributed by atoms with Crippen molar-refractivity contribution in [1.29, 1.82) is 0 Å². The molecule has 1 amide bonds. The molecule has 0 N–H and O–H groups in total. The smallest absolute Gasteiger partial charge is 0.410 e. The molecule has 160 valence electrons. The summed E-state index contributed by atoms with van der Waals surface area (Å²) in [5.74, 6) is 0.967. The van der Waals surface area contributed by atoms with E-state index in [9.17, 15) is 4.79 Å². The molecule has 0 spiro atoms. The van der Waals surface area contributed by atoms with Crippen LogP contribution >= 0.6 is 0 Å². The predicted octanol–water partition coefficient (Wildman–Crippen LogP) is 5.08. The lowest BCUT2D eigenvalue weighted by atomic mass is 9.99. The van der Waals surface area contributed by atoms with Gasteiger partial charge in [0.1, 0.15) is 25.2 Å². The van der Waals surface area contributed by atoms with E-state index in [4.69, 9.17) is 9.57 Å². The van der Waals surface area contributed by atoms with Crippen LogP contribution in [-0.2, 0) is 24.2 Å². The van der Waals surface area contributed by atoms with Crippen molar-refractivity contribution in [3.63, 3.8) is 0 Å². The minimum absolute atomic E-state index is 0.244. The molecule has 1 fully saturated rings. The molecule has 5 heteroatoms. The lowest BCUT2D eigenvalue weighted by Crippen LogP contribution is -2.48. The van der Waals surface area contributed by atoms with E-state index in [1.165, 1.54) is 24.0 Å². The van der Waals surface area contributed by atoms with Crippen LogP contribution in [-0.4, -0.2) is 40.9 Å². The van der Waals surface area contributed by atoms with Gasteiger partial charge in [-0.3, -0.25) is 0 Å². The average molecular weight is 410 g/mol. The maximum atomic E-state index is 12.5. The molecule has 0 aliphatic carbocycles. The second-order valence-electron chi connectivity index (χ2n) is 9.49. The van der Waals surface area contributed by atoms with Crippen molar-refractivity contribution in [3.05, 3.63) is 65.2 Å². The van der Waals surface area contributed by atoms with Gasteiger partial charge in [0.25, 0.3) is 0 Å². The molecule has 2 aliphatic rings. The summed E-state index contributed by atoms with van der Waals surface area (Å²) in [7, 11) is 0. The van der Waals surface area contributed by atoms with Crippen LogP contribution in [0.1, 0.15) is 50.3 Å². The molecule has 5 nitrogen and oxygen atoms in total. The van der Waals surface area contributed by atoms with E-state index in [1.807, 2.05) is 26.8 Å². The van der Waals surface area contributed by atoms with Crippen molar-refractivity contribution < 1.29 is 19.0 Å². The van der Waals surface area contributed by atoms with Crippen LogP contribution in [0.4, 0.5) is 4.79 Å². The lowest BCUT2D eigenvalue weighted by Gasteiger charge is -2.35. The Bertz CT molecular complexity index is 883. The van der Waals surface area contributed by atoms with Crippen molar-refractivity contribution >= 4 is 6.09 Å². The summed E-state index contributed by atoms with van der Waals surface area (Å²) in [4.78, 5) is 21.0. The fourth-order valence-corrected chi connectivity index (χ4v) is 4.46. The Morgan fingerprint density at radius 1 is 1.03 bits per heavy atom. The third-order valence-corrected chi connectivity index (χ3v) is 5.86. The van der Waals surface area contributed by atoms with E-state index in [0.29, 0.717) is 17.7 Å². The van der Waals surface area contributed by atoms with Gasteiger partial charge in [0.2, 0.25) is 0 Å². The quantitative estimate of drug-likeness (QED) is 0.661. The van der Waals surface area contributed by atoms with E-state index in [-0.39, 0.29) is 6.09 Å². The van der Waals surface area contributed by atoms with Gasteiger partial charge in [-0.2, -0.15) is 0 Å². The molecule has 30 heavy (non-hydrogen) atoms. The van der Waals surface area contributed by atoms with E-state index in [2.05, 4.69) is 42.5 Å². The molecule has 2 aromatic carbocycles. The van der Waals surface area contributed by atoms with Crippen molar-refractivity contribution in [2.24, 2.45) is 0 Å². The summed E-state index contributed by atoms with van der Waals surface area (Å²) < 4.78 is 6.21. The average Bonchev–Trinajstić information content (AvgIpc) is 3.15. The molecule has 0 aromatic heterocycles. The summed E-state index contributed by atoms with van der Waals surface area (Å²) in [5.41, 5.74) is 3.21. The molecule has 0 unspecified atom stereocenters. The van der Waals surface area contributed by atoms with Gasteiger partial charge in [-0.25, -0.2) is 4.79 Å². The standard InChI is InChI=1S/C25H33N2O3/c1-25(2,3)29-24(28)26-15-14-22-21(18-26)12-9-13-23(22)30-27(16-7-8-17-27)19-20-10-5-4-6-11-20/h4-6,9-13H,7-8,14-19H2,1-3H3/q+1. The van der Waals surface area contributed by atoms with Crippen molar-refractivity contribution in [2.75, 3.05) is 19.6 Å². The maximum Gasteiger partial charge on any atom is 0.410 e. The SMILES string of the molecule is CC(C)(C)OC(=O)N1CCc2c(cccc2O[N+]2(Cc3ccccc3)CCCC2)C1. The highest BCUT2D eigenvalue weighted by Gasteiger charge is 2.37. The Morgan fingerprint density at radius 2 is 1.77 bits per heavy atom. The number of hydroxylamine groups is 3. The second kappa shape index (κ2) is 8.31. The first-order valence-electron chi connectivity index (χ1n) is 11.0. The minimum atomic E-state index is -0.480. The van der Waals surface area contributed by atoms with Crippen LogP contribution in [0, 0.1) is 0 Å². The monoisotopic (exact) mass is 409 g/mol. The summed E-state index contributed by atoms with van der Waals surface area (Å²) in [6.45, 7) is 9.88. The number of nitrogens with zero attached hydrogens (tertiary/aromatic N) is 2. The van der Waals surface area contributed by atoms with Gasteiger partial charge in [-0.15, -0.1) is 4.65 Å². The zero-order chi connectivity index (χ0) is 21.2. The molecular formula is C25H33N2O3+. The largest absolute Gasteiger partial charge is 0.444 e. The van der Waals surface area contributed by atoms with Crippen molar-refractivity contribution in [2.45, 2.75) is 58.7 Å². The normalized spacial score (nSPS) is 18.0. The van der Waals surface area contributed by atoms with Crippen molar-refractivity contribution in [3.8, 4) is 5.75 Å². The van der Waals surface area contributed by atoms with E-state index in [0.717, 1.165) is 37.4 Å². The first kappa shape index (κ1) is 20.7. The molecule has 0 bridgehead atoms. The lowest BCUT2D eigenvalue weighted by molar-refractivity contribution is -1.08. The van der Waals surface area contributed by atoms with Crippen LogP contribution in [0.25, 0.3) is 0 Å². The Labute approximate surface area is 179 Å². The van der Waals surface area contributed by atoms with E-state index in [1.54, 1.807) is 4.90 Å². The number of hydrogen-bond donors (Lipinski definition) is 0. The number of quaternary nitrogens is 1. The number of hydrogen-bond acceptors (Lipinski definition) is 3. The van der Waals surface area contributed by atoms with Crippen molar-refractivity contribution in [1.82, 2.24) is 4.90 Å². The number of fused-ring (bicyclic) bond motifs is 1. The van der Waals surface area contributed by atoms with Crippen LogP contribution < -0.4 is 4.84 Å². The molecule has 0 saturated carbocycles. The highest BCUT2D eigenvalue weighted by molar-refractivity contribution is 5.69. The van der Waals surface area contributed by atoms with Gasteiger partial charge in [0, 0.05) is 37.1 Å². The molecule has 4 rings (SSSR count). The number of rotatable bonds is 4. The number of carbonyl (C=O) groups is 1. The first-order valence-corrected chi connectivity index (χ1v) is 11.0. The number of likely N-dealkylation sites (tertiary alicyclic amines) is 1. The third kappa shape index (κ3) is 4.78. The first-order chi connectivity index (χ1) is 14.3. The van der Waals surface area contributed by atoms with Crippen LogP contribution in [0.15, 0.2) is 48.5 Å². The van der Waals surface area contributed by atoms with Gasteiger partial charge < -0.3 is 14.5 Å². The fourth-order valence-electron chi connectivity index (χ4n) is 4.46. The molecule has 2 aromatic rings. The van der Waals surface area contributed by atoms with Gasteiger partial charge in [-0.05, 0) is 38.8 Å². The third-order valence-electron chi connectivity index (χ3n) is 5.86. The number of ether oxygens (including phenoxy) is 1.